The van der Waals surface area contributed by atoms with Crippen molar-refractivity contribution < 1.29 is 14.1 Å². The van der Waals surface area contributed by atoms with Crippen LogP contribution in [0.3, 0.4) is 0 Å². The third-order valence-corrected chi connectivity index (χ3v) is 4.43. The monoisotopic (exact) mass is 357 g/mol. The molecule has 0 atom stereocenters. The summed E-state index contributed by atoms with van der Waals surface area (Å²) in [6, 6.07) is 9.21. The highest BCUT2D eigenvalue weighted by molar-refractivity contribution is 7.20. The van der Waals surface area contributed by atoms with Crippen molar-refractivity contribution in [1.82, 2.24) is 10.1 Å². The molecule has 0 saturated heterocycles. The molecular formula is C16H15N5O3S. The van der Waals surface area contributed by atoms with E-state index >= 15 is 0 Å². The first-order valence-electron chi connectivity index (χ1n) is 7.32. The van der Waals surface area contributed by atoms with Gasteiger partial charge in [-0.25, -0.2) is 4.98 Å². The number of nitrogens with zero attached hydrogens (tertiary/aromatic N) is 2. The van der Waals surface area contributed by atoms with Crippen LogP contribution in [0.15, 0.2) is 34.9 Å². The van der Waals surface area contributed by atoms with E-state index in [1.807, 2.05) is 30.3 Å². The van der Waals surface area contributed by atoms with Gasteiger partial charge in [0.2, 0.25) is 0 Å². The van der Waals surface area contributed by atoms with Gasteiger partial charge in [0.15, 0.2) is 10.8 Å². The summed E-state index contributed by atoms with van der Waals surface area (Å²) in [5.74, 6) is -0.805. The zero-order valence-corrected chi connectivity index (χ0v) is 14.3. The van der Waals surface area contributed by atoms with Crippen molar-refractivity contribution in [2.75, 3.05) is 17.7 Å². The number of hydrogen-bond acceptors (Lipinski definition) is 7. The zero-order chi connectivity index (χ0) is 18.0. The summed E-state index contributed by atoms with van der Waals surface area (Å²) in [7, 11) is 1.66. The Morgan fingerprint density at radius 3 is 2.60 bits per heavy atom. The molecule has 0 fully saturated rings. The van der Waals surface area contributed by atoms with Crippen LogP contribution in [0, 0.1) is 6.92 Å². The lowest BCUT2D eigenvalue weighted by molar-refractivity contribution is 0.0997. The van der Waals surface area contributed by atoms with Crippen molar-refractivity contribution in [2.45, 2.75) is 6.92 Å². The van der Waals surface area contributed by atoms with Gasteiger partial charge in [-0.2, -0.15) is 0 Å². The number of aryl methyl sites for hydroxylation is 1. The number of hydrogen-bond donors (Lipinski definition) is 3. The normalized spacial score (nSPS) is 10.5. The van der Waals surface area contributed by atoms with Crippen molar-refractivity contribution in [2.24, 2.45) is 5.73 Å². The maximum Gasteiger partial charge on any atom is 0.270 e. The molecule has 2 amide bonds. The molecule has 0 spiro atoms. The van der Waals surface area contributed by atoms with Gasteiger partial charge in [-0.15, -0.1) is 0 Å². The summed E-state index contributed by atoms with van der Waals surface area (Å²) in [6.45, 7) is 1.65. The molecular weight excluding hydrogens is 342 g/mol. The highest BCUT2D eigenvalue weighted by Gasteiger charge is 2.24. The molecule has 3 aromatic rings. The predicted molar refractivity (Wildman–Crippen MR) is 94.8 cm³/mol. The molecule has 9 heteroatoms. The van der Waals surface area contributed by atoms with Crippen LogP contribution in [0.2, 0.25) is 0 Å². The number of thiazole rings is 1. The van der Waals surface area contributed by atoms with Crippen molar-refractivity contribution in [3.63, 3.8) is 0 Å². The summed E-state index contributed by atoms with van der Waals surface area (Å²) in [5.41, 5.74) is 6.79. The van der Waals surface area contributed by atoms with E-state index in [0.29, 0.717) is 22.1 Å². The number of nitrogens with two attached hydrogens (primary N) is 1. The number of aromatic nitrogens is 2. The predicted octanol–water partition coefficient (Wildman–Crippen LogP) is 2.50. The maximum absolute atomic E-state index is 12.8. The minimum absolute atomic E-state index is 0.00179. The van der Waals surface area contributed by atoms with Crippen molar-refractivity contribution in [3.8, 4) is 11.3 Å². The average molecular weight is 357 g/mol. The van der Waals surface area contributed by atoms with Crippen LogP contribution in [-0.4, -0.2) is 29.0 Å². The Balaban J connectivity index is 1.97. The van der Waals surface area contributed by atoms with Gasteiger partial charge in [0.05, 0.1) is 0 Å². The Kier molecular flexibility index (Phi) is 4.48. The lowest BCUT2D eigenvalue weighted by Gasteiger charge is -2.04. The Morgan fingerprint density at radius 2 is 1.96 bits per heavy atom. The van der Waals surface area contributed by atoms with E-state index in [1.54, 1.807) is 14.0 Å². The molecule has 0 unspecified atom stereocenters. The fourth-order valence-corrected chi connectivity index (χ4v) is 3.10. The van der Waals surface area contributed by atoms with Crippen LogP contribution in [0.25, 0.3) is 11.3 Å². The van der Waals surface area contributed by atoms with Gasteiger partial charge in [0.1, 0.15) is 22.0 Å². The SMILES string of the molecule is CNc1nc(C(N)=O)c(NC(=O)c2c(-c3ccccc3)noc2C)s1. The first kappa shape index (κ1) is 16.7. The number of nitrogens with one attached hydrogen (secondary N) is 2. The molecule has 2 aromatic heterocycles. The summed E-state index contributed by atoms with van der Waals surface area (Å²) in [6.07, 6.45) is 0. The molecule has 0 aliphatic carbocycles. The Bertz CT molecular complexity index is 933. The number of benzene rings is 1. The van der Waals surface area contributed by atoms with Gasteiger partial charge < -0.3 is 20.9 Å². The standard InChI is InChI=1S/C16H15N5O3S/c1-8-10(11(21-24-8)9-6-4-3-5-7-9)14(23)20-15-12(13(17)22)19-16(18-2)25-15/h3-7H,1-2H3,(H2,17,22)(H,18,19)(H,20,23). The van der Waals surface area contributed by atoms with Crippen LogP contribution >= 0.6 is 11.3 Å². The van der Waals surface area contributed by atoms with Gasteiger partial charge in [-0.3, -0.25) is 9.59 Å². The van der Waals surface area contributed by atoms with Crippen molar-refractivity contribution >= 4 is 33.3 Å². The zero-order valence-electron chi connectivity index (χ0n) is 13.5. The summed E-state index contributed by atoms with van der Waals surface area (Å²) >= 11 is 1.11. The molecule has 0 radical (unpaired) electrons. The molecule has 1 aromatic carbocycles. The van der Waals surface area contributed by atoms with E-state index in [2.05, 4.69) is 20.8 Å². The fraction of sp³-hybridized carbons (Fsp3) is 0.125. The van der Waals surface area contributed by atoms with Gasteiger partial charge in [-0.05, 0) is 6.92 Å². The smallest absolute Gasteiger partial charge is 0.270 e. The van der Waals surface area contributed by atoms with Crippen molar-refractivity contribution in [3.05, 3.63) is 47.3 Å². The Hall–Kier alpha value is -3.20. The van der Waals surface area contributed by atoms with E-state index in [1.165, 1.54) is 0 Å². The number of carbonyl (C=O) groups is 2. The molecule has 0 aliphatic rings. The molecule has 0 aliphatic heterocycles. The second kappa shape index (κ2) is 6.73. The minimum atomic E-state index is -0.724. The molecule has 3 rings (SSSR count). The molecule has 0 saturated carbocycles. The topological polar surface area (TPSA) is 123 Å². The molecule has 2 heterocycles. The highest BCUT2D eigenvalue weighted by atomic mass is 32.1. The molecule has 8 nitrogen and oxygen atoms in total. The lowest BCUT2D eigenvalue weighted by atomic mass is 10.1. The Labute approximate surface area is 147 Å². The molecule has 128 valence electrons. The second-order valence-electron chi connectivity index (χ2n) is 5.09. The largest absolute Gasteiger partial charge is 0.365 e. The van der Waals surface area contributed by atoms with Gasteiger partial charge in [-0.1, -0.05) is 46.8 Å². The lowest BCUT2D eigenvalue weighted by Crippen LogP contribution is -2.18. The number of primary amides is 1. The van der Waals surface area contributed by atoms with E-state index in [4.69, 9.17) is 10.3 Å². The molecule has 0 bridgehead atoms. The van der Waals surface area contributed by atoms with Crippen LogP contribution < -0.4 is 16.4 Å². The number of anilines is 2. The third kappa shape index (κ3) is 3.22. The number of rotatable bonds is 5. The van der Waals surface area contributed by atoms with Crippen LogP contribution in [0.5, 0.6) is 0 Å². The Morgan fingerprint density at radius 1 is 1.24 bits per heavy atom. The number of carbonyl (C=O) groups excluding carboxylic acids is 2. The van der Waals surface area contributed by atoms with Crippen LogP contribution in [0.4, 0.5) is 10.1 Å². The van der Waals surface area contributed by atoms with Gasteiger partial charge >= 0.3 is 0 Å². The molecule has 25 heavy (non-hydrogen) atoms. The number of amides is 2. The van der Waals surface area contributed by atoms with Gasteiger partial charge in [0.25, 0.3) is 11.8 Å². The third-order valence-electron chi connectivity index (χ3n) is 3.44. The highest BCUT2D eigenvalue weighted by Crippen LogP contribution is 2.30. The first-order valence-corrected chi connectivity index (χ1v) is 8.14. The van der Waals surface area contributed by atoms with Crippen LogP contribution in [-0.2, 0) is 0 Å². The van der Waals surface area contributed by atoms with E-state index in [9.17, 15) is 9.59 Å². The summed E-state index contributed by atoms with van der Waals surface area (Å²) in [5, 5.41) is 10.2. The van der Waals surface area contributed by atoms with Crippen LogP contribution in [0.1, 0.15) is 26.6 Å². The first-order chi connectivity index (χ1) is 12.0. The van der Waals surface area contributed by atoms with Gasteiger partial charge in [0, 0.05) is 12.6 Å². The minimum Gasteiger partial charge on any atom is -0.365 e. The summed E-state index contributed by atoms with van der Waals surface area (Å²) < 4.78 is 5.19. The van der Waals surface area contributed by atoms with Crippen molar-refractivity contribution in [1.29, 1.82) is 0 Å². The molecule has 4 N–H and O–H groups in total. The quantitative estimate of drug-likeness (QED) is 0.644. The summed E-state index contributed by atoms with van der Waals surface area (Å²) in [4.78, 5) is 28.3. The average Bonchev–Trinajstić information content (AvgIpc) is 3.19. The van der Waals surface area contributed by atoms with E-state index in [-0.39, 0.29) is 10.7 Å². The van der Waals surface area contributed by atoms with E-state index < -0.39 is 11.8 Å². The maximum atomic E-state index is 12.8. The second-order valence-corrected chi connectivity index (χ2v) is 6.09. The van der Waals surface area contributed by atoms with E-state index in [0.717, 1.165) is 16.9 Å². The fourth-order valence-electron chi connectivity index (χ4n) is 2.28.